The minimum atomic E-state index is 0.677. The van der Waals surface area contributed by atoms with Crippen LogP contribution in [0.1, 0.15) is 24.0 Å². The van der Waals surface area contributed by atoms with Gasteiger partial charge in [-0.25, -0.2) is 0 Å². The van der Waals surface area contributed by atoms with Crippen LogP contribution in [-0.4, -0.2) is 6.04 Å². The van der Waals surface area contributed by atoms with Gasteiger partial charge in [-0.05, 0) is 52.9 Å². The summed E-state index contributed by atoms with van der Waals surface area (Å²) in [6, 6.07) is 9.07. The highest BCUT2D eigenvalue weighted by Crippen LogP contribution is 2.37. The molecule has 1 fully saturated rings. The maximum Gasteiger partial charge on any atom is 0.0440 e. The summed E-state index contributed by atoms with van der Waals surface area (Å²) >= 11 is 11.5. The van der Waals surface area contributed by atoms with Crippen LogP contribution in [0.3, 0.4) is 0 Å². The lowest BCUT2D eigenvalue weighted by Gasteiger charge is -2.27. The molecule has 0 saturated heterocycles. The van der Waals surface area contributed by atoms with Crippen molar-refractivity contribution in [3.05, 3.63) is 51.2 Å². The molecule has 1 nitrogen and oxygen atoms in total. The first-order chi connectivity index (χ1) is 9.28. The van der Waals surface area contributed by atoms with E-state index in [1.165, 1.54) is 29.7 Å². The number of thiophene rings is 1. The summed E-state index contributed by atoms with van der Waals surface area (Å²) in [5.74, 6) is 0. The van der Waals surface area contributed by atoms with Crippen LogP contribution < -0.4 is 4.90 Å². The van der Waals surface area contributed by atoms with E-state index >= 15 is 0 Å². The summed E-state index contributed by atoms with van der Waals surface area (Å²) in [5, 5.41) is 6.06. The average molecular weight is 357 g/mol. The molecule has 0 N–H and O–H groups in total. The third kappa shape index (κ3) is 3.15. The van der Waals surface area contributed by atoms with Crippen molar-refractivity contribution in [2.75, 3.05) is 4.90 Å². The molecule has 0 amide bonds. The summed E-state index contributed by atoms with van der Waals surface area (Å²) in [5.41, 5.74) is 3.97. The van der Waals surface area contributed by atoms with Crippen molar-refractivity contribution in [2.24, 2.45) is 0 Å². The lowest BCUT2D eigenvalue weighted by molar-refractivity contribution is 0.793. The molecule has 1 aromatic carbocycles. The first-order valence-corrected chi connectivity index (χ1v) is 8.84. The fourth-order valence-corrected chi connectivity index (χ4v) is 3.59. The molecule has 1 aromatic heterocycles. The van der Waals surface area contributed by atoms with Gasteiger partial charge in [0.25, 0.3) is 0 Å². The maximum atomic E-state index is 6.18. The molecule has 3 rings (SSSR count). The minimum Gasteiger partial charge on any atom is -0.364 e. The Bertz CT molecular complexity index is 551. The van der Waals surface area contributed by atoms with Gasteiger partial charge >= 0.3 is 0 Å². The largest absolute Gasteiger partial charge is 0.364 e. The summed E-state index contributed by atoms with van der Waals surface area (Å²) in [4.78, 5) is 2.50. The molecule has 1 aliphatic rings. The Labute approximate surface area is 131 Å². The summed E-state index contributed by atoms with van der Waals surface area (Å²) in [7, 11) is 0. The van der Waals surface area contributed by atoms with E-state index in [9.17, 15) is 0 Å². The summed E-state index contributed by atoms with van der Waals surface area (Å²) in [6.07, 6.45) is 2.58. The predicted octanol–water partition coefficient (Wildman–Crippen LogP) is 5.47. The van der Waals surface area contributed by atoms with Crippen molar-refractivity contribution >= 4 is 44.6 Å². The number of anilines is 1. The molecule has 1 aliphatic carbocycles. The molecule has 0 radical (unpaired) electrons. The highest BCUT2D eigenvalue weighted by molar-refractivity contribution is 9.08. The van der Waals surface area contributed by atoms with Crippen molar-refractivity contribution in [2.45, 2.75) is 30.8 Å². The third-order valence-electron chi connectivity index (χ3n) is 3.42. The molecule has 4 heteroatoms. The van der Waals surface area contributed by atoms with E-state index in [-0.39, 0.29) is 0 Å². The van der Waals surface area contributed by atoms with E-state index in [1.54, 1.807) is 11.3 Å². The lowest BCUT2D eigenvalue weighted by Crippen LogP contribution is -2.25. The third-order valence-corrected chi connectivity index (χ3v) is 4.99. The number of benzene rings is 1. The second-order valence-corrected chi connectivity index (χ2v) is 6.67. The van der Waals surface area contributed by atoms with Crippen LogP contribution in [0, 0.1) is 0 Å². The Morgan fingerprint density at radius 2 is 2.16 bits per heavy atom. The highest BCUT2D eigenvalue weighted by Gasteiger charge is 2.30. The van der Waals surface area contributed by atoms with Crippen molar-refractivity contribution in [3.8, 4) is 0 Å². The fraction of sp³-hybridized carbons (Fsp3) is 0.333. The molecule has 0 bridgehead atoms. The fourth-order valence-electron chi connectivity index (χ4n) is 2.29. The normalized spacial score (nSPS) is 14.6. The quantitative estimate of drug-likeness (QED) is 0.642. The maximum absolute atomic E-state index is 6.18. The van der Waals surface area contributed by atoms with E-state index < -0.39 is 0 Å². The van der Waals surface area contributed by atoms with E-state index in [4.69, 9.17) is 11.6 Å². The van der Waals surface area contributed by atoms with Crippen LogP contribution in [0.25, 0.3) is 0 Å². The van der Waals surface area contributed by atoms with Crippen LogP contribution in [0.5, 0.6) is 0 Å². The van der Waals surface area contributed by atoms with Gasteiger partial charge in [0.2, 0.25) is 0 Å². The highest BCUT2D eigenvalue weighted by atomic mass is 79.9. The SMILES string of the molecule is Clc1ccc(CBr)c(N(Cc2ccsc2)C2CC2)c1. The Balaban J connectivity index is 1.93. The average Bonchev–Trinajstić information content (AvgIpc) is 3.13. The molecule has 2 aromatic rings. The standard InChI is InChI=1S/C15H15BrClNS/c16-8-12-1-2-13(17)7-15(12)18(14-3-4-14)9-11-5-6-19-10-11/h1-2,5-7,10,14H,3-4,8-9H2. The number of hydrogen-bond donors (Lipinski definition) is 0. The van der Waals surface area contributed by atoms with Gasteiger partial charge in [0.15, 0.2) is 0 Å². The molecule has 100 valence electrons. The van der Waals surface area contributed by atoms with Crippen molar-refractivity contribution < 1.29 is 0 Å². The Morgan fingerprint density at radius 1 is 1.32 bits per heavy atom. The summed E-state index contributed by atoms with van der Waals surface area (Å²) < 4.78 is 0. The first-order valence-electron chi connectivity index (χ1n) is 6.40. The molecule has 0 spiro atoms. The van der Waals surface area contributed by atoms with Crippen molar-refractivity contribution in [1.82, 2.24) is 0 Å². The van der Waals surface area contributed by atoms with Crippen LogP contribution in [0.15, 0.2) is 35.0 Å². The molecule has 19 heavy (non-hydrogen) atoms. The zero-order chi connectivity index (χ0) is 13.2. The van der Waals surface area contributed by atoms with Gasteiger partial charge in [-0.2, -0.15) is 11.3 Å². The van der Waals surface area contributed by atoms with Crippen LogP contribution in [0.2, 0.25) is 5.02 Å². The molecular formula is C15H15BrClNS. The summed E-state index contributed by atoms with van der Waals surface area (Å²) in [6.45, 7) is 0.981. The Hall–Kier alpha value is -0.510. The van der Waals surface area contributed by atoms with Gasteiger partial charge in [-0.15, -0.1) is 0 Å². The van der Waals surface area contributed by atoms with Gasteiger partial charge in [-0.1, -0.05) is 33.6 Å². The molecule has 0 aliphatic heterocycles. The zero-order valence-electron chi connectivity index (χ0n) is 10.5. The molecule has 0 atom stereocenters. The second-order valence-electron chi connectivity index (χ2n) is 4.90. The minimum absolute atomic E-state index is 0.677. The van der Waals surface area contributed by atoms with Crippen molar-refractivity contribution in [1.29, 1.82) is 0 Å². The first kappa shape index (κ1) is 13.5. The molecule has 0 unspecified atom stereocenters. The number of alkyl halides is 1. The van der Waals surface area contributed by atoms with Crippen LogP contribution in [0.4, 0.5) is 5.69 Å². The molecular weight excluding hydrogens is 342 g/mol. The molecule has 1 heterocycles. The smallest absolute Gasteiger partial charge is 0.0440 e. The van der Waals surface area contributed by atoms with E-state index in [0.29, 0.717) is 6.04 Å². The monoisotopic (exact) mass is 355 g/mol. The Kier molecular flexibility index (Phi) is 4.15. The van der Waals surface area contributed by atoms with E-state index in [1.807, 2.05) is 6.07 Å². The lowest BCUT2D eigenvalue weighted by atomic mass is 10.1. The zero-order valence-corrected chi connectivity index (χ0v) is 13.6. The topological polar surface area (TPSA) is 3.24 Å². The number of rotatable bonds is 5. The Morgan fingerprint density at radius 3 is 2.79 bits per heavy atom. The van der Waals surface area contributed by atoms with Gasteiger partial charge in [-0.3, -0.25) is 0 Å². The van der Waals surface area contributed by atoms with Crippen LogP contribution >= 0.6 is 38.9 Å². The molecule has 1 saturated carbocycles. The van der Waals surface area contributed by atoms with Gasteiger partial charge in [0.1, 0.15) is 0 Å². The van der Waals surface area contributed by atoms with Gasteiger partial charge in [0.05, 0.1) is 0 Å². The van der Waals surface area contributed by atoms with E-state index in [0.717, 1.165) is 16.9 Å². The van der Waals surface area contributed by atoms with Gasteiger partial charge in [0, 0.05) is 28.6 Å². The van der Waals surface area contributed by atoms with E-state index in [2.05, 4.69) is 49.8 Å². The van der Waals surface area contributed by atoms with Crippen molar-refractivity contribution in [3.63, 3.8) is 0 Å². The van der Waals surface area contributed by atoms with Gasteiger partial charge < -0.3 is 4.90 Å². The van der Waals surface area contributed by atoms with Crippen LogP contribution in [-0.2, 0) is 11.9 Å². The number of hydrogen-bond acceptors (Lipinski definition) is 2. The predicted molar refractivity (Wildman–Crippen MR) is 87.6 cm³/mol. The second kappa shape index (κ2) is 5.86. The number of nitrogens with zero attached hydrogens (tertiary/aromatic N) is 1. The number of halogens is 2.